The first-order chi connectivity index (χ1) is 12.5. The van der Waals surface area contributed by atoms with Gasteiger partial charge in [0.2, 0.25) is 0 Å². The molecule has 1 aromatic heterocycles. The normalized spacial score (nSPS) is 20.3. The Hall–Kier alpha value is -1.98. The summed E-state index contributed by atoms with van der Waals surface area (Å²) in [6.07, 6.45) is 5.83. The Morgan fingerprint density at radius 3 is 2.85 bits per heavy atom. The number of rotatable bonds is 5. The summed E-state index contributed by atoms with van der Waals surface area (Å²) in [5, 5.41) is 0.682. The third kappa shape index (κ3) is 3.33. The molecule has 2 heterocycles. The van der Waals surface area contributed by atoms with Crippen molar-refractivity contribution in [1.82, 2.24) is 14.5 Å². The Morgan fingerprint density at radius 1 is 1.46 bits per heavy atom. The second-order valence-electron chi connectivity index (χ2n) is 6.28. The highest BCUT2D eigenvalue weighted by atomic mass is 35.5. The van der Waals surface area contributed by atoms with Gasteiger partial charge in [0.05, 0.1) is 22.5 Å². The van der Waals surface area contributed by atoms with Crippen molar-refractivity contribution in [1.29, 1.82) is 0 Å². The van der Waals surface area contributed by atoms with E-state index in [1.165, 1.54) is 11.8 Å². The van der Waals surface area contributed by atoms with Crippen molar-refractivity contribution < 1.29 is 4.79 Å². The average Bonchev–Trinajstić information content (AvgIpc) is 3.13. The largest absolute Gasteiger partial charge is 0.334 e. The molecule has 0 bridgehead atoms. The molecule has 4 nitrogen and oxygen atoms in total. The molecule has 6 heteroatoms. The summed E-state index contributed by atoms with van der Waals surface area (Å²) >= 11 is 8.01. The van der Waals surface area contributed by atoms with E-state index in [0.29, 0.717) is 16.5 Å². The monoisotopic (exact) mass is 387 g/mol. The Bertz CT molecular complexity index is 915. The maximum Gasteiger partial charge on any atom is 0.261 e. The van der Waals surface area contributed by atoms with Crippen LogP contribution in [-0.4, -0.2) is 32.7 Å². The zero-order valence-electron chi connectivity index (χ0n) is 15.1. The number of nitrogens with zero attached hydrogens (tertiary/aromatic N) is 3. The molecule has 0 fully saturated rings. The number of benzene rings is 1. The van der Waals surface area contributed by atoms with Crippen molar-refractivity contribution in [2.45, 2.75) is 18.7 Å². The first kappa shape index (κ1) is 18.8. The number of allylic oxidation sites excluding steroid dienone is 3. The fraction of sp³-hybridized carbons (Fsp3) is 0.300. The van der Waals surface area contributed by atoms with Gasteiger partial charge in [0.25, 0.3) is 5.91 Å². The van der Waals surface area contributed by atoms with Crippen molar-refractivity contribution >= 4 is 40.3 Å². The number of fused-ring (bicyclic) bond motifs is 1. The Morgan fingerprint density at radius 2 is 2.19 bits per heavy atom. The summed E-state index contributed by atoms with van der Waals surface area (Å²) in [6, 6.07) is 7.95. The summed E-state index contributed by atoms with van der Waals surface area (Å²) in [7, 11) is 3.75. The third-order valence-electron chi connectivity index (χ3n) is 4.55. The van der Waals surface area contributed by atoms with Crippen molar-refractivity contribution in [2.24, 2.45) is 13.0 Å². The van der Waals surface area contributed by atoms with E-state index >= 15 is 0 Å². The lowest BCUT2D eigenvalue weighted by Crippen LogP contribution is -2.28. The van der Waals surface area contributed by atoms with Crippen LogP contribution in [0.2, 0.25) is 0 Å². The molecule has 0 saturated carbocycles. The van der Waals surface area contributed by atoms with Gasteiger partial charge in [-0.3, -0.25) is 4.79 Å². The highest BCUT2D eigenvalue weighted by molar-refractivity contribution is 8.05. The maximum atomic E-state index is 13.0. The number of aryl methyl sites for hydroxylation is 1. The Balaban J connectivity index is 1.83. The summed E-state index contributed by atoms with van der Waals surface area (Å²) < 4.78 is 2.02. The SMILES string of the molecule is C=CC1SC(C(=O)N(C)Cc2nc3ccccc3n2C)=C(Cl)C1/C=C\C. The number of aromatic nitrogens is 2. The van der Waals surface area contributed by atoms with Gasteiger partial charge in [0, 0.05) is 30.3 Å². The van der Waals surface area contributed by atoms with Gasteiger partial charge in [-0.05, 0) is 19.1 Å². The van der Waals surface area contributed by atoms with Gasteiger partial charge in [-0.1, -0.05) is 42.0 Å². The number of para-hydroxylation sites is 2. The fourth-order valence-electron chi connectivity index (χ4n) is 3.10. The molecule has 1 amide bonds. The predicted octanol–water partition coefficient (Wildman–Crippen LogP) is 4.48. The third-order valence-corrected chi connectivity index (χ3v) is 6.49. The lowest BCUT2D eigenvalue weighted by atomic mass is 10.0. The first-order valence-electron chi connectivity index (χ1n) is 8.45. The zero-order valence-corrected chi connectivity index (χ0v) is 16.7. The smallest absolute Gasteiger partial charge is 0.261 e. The van der Waals surface area contributed by atoms with Crippen LogP contribution in [0.15, 0.2) is 59.0 Å². The number of carbonyl (C=O) groups excluding carboxylic acids is 1. The van der Waals surface area contributed by atoms with E-state index < -0.39 is 0 Å². The van der Waals surface area contributed by atoms with E-state index in [4.69, 9.17) is 11.6 Å². The van der Waals surface area contributed by atoms with Gasteiger partial charge in [-0.2, -0.15) is 0 Å². The number of likely N-dealkylation sites (N-methyl/N-ethyl adjacent to an activating group) is 1. The van der Waals surface area contributed by atoms with Crippen LogP contribution in [0.25, 0.3) is 11.0 Å². The van der Waals surface area contributed by atoms with Gasteiger partial charge >= 0.3 is 0 Å². The number of hydrogen-bond donors (Lipinski definition) is 0. The van der Waals surface area contributed by atoms with Gasteiger partial charge in [-0.25, -0.2) is 4.98 Å². The Labute approximate surface area is 163 Å². The van der Waals surface area contributed by atoms with E-state index in [0.717, 1.165) is 16.9 Å². The number of amides is 1. The van der Waals surface area contributed by atoms with Gasteiger partial charge < -0.3 is 9.47 Å². The molecule has 1 aliphatic heterocycles. The van der Waals surface area contributed by atoms with Crippen LogP contribution >= 0.6 is 23.4 Å². The van der Waals surface area contributed by atoms with Crippen LogP contribution in [0.4, 0.5) is 0 Å². The summed E-state index contributed by atoms with van der Waals surface area (Å²) in [6.45, 7) is 6.25. The highest BCUT2D eigenvalue weighted by Gasteiger charge is 2.35. The van der Waals surface area contributed by atoms with E-state index in [-0.39, 0.29) is 17.1 Å². The lowest BCUT2D eigenvalue weighted by Gasteiger charge is -2.17. The summed E-state index contributed by atoms with van der Waals surface area (Å²) in [4.78, 5) is 19.9. The molecule has 3 rings (SSSR count). The molecule has 26 heavy (non-hydrogen) atoms. The number of halogens is 1. The number of hydrogen-bond acceptors (Lipinski definition) is 3. The topological polar surface area (TPSA) is 38.1 Å². The molecule has 0 aliphatic carbocycles. The second kappa shape index (κ2) is 7.72. The quantitative estimate of drug-likeness (QED) is 0.710. The summed E-state index contributed by atoms with van der Waals surface area (Å²) in [5.74, 6) is 0.769. The van der Waals surface area contributed by atoms with E-state index in [9.17, 15) is 4.79 Å². The number of thioether (sulfide) groups is 1. The minimum absolute atomic E-state index is 0.00673. The van der Waals surface area contributed by atoms with Gasteiger partial charge in [-0.15, -0.1) is 18.3 Å². The van der Waals surface area contributed by atoms with Crippen LogP contribution in [0, 0.1) is 5.92 Å². The van der Waals surface area contributed by atoms with Crippen molar-refractivity contribution in [3.05, 3.63) is 64.8 Å². The lowest BCUT2D eigenvalue weighted by molar-refractivity contribution is -0.125. The predicted molar refractivity (Wildman–Crippen MR) is 110 cm³/mol. The molecule has 1 aliphatic rings. The van der Waals surface area contributed by atoms with Crippen molar-refractivity contribution in [3.63, 3.8) is 0 Å². The molecule has 0 spiro atoms. The molecular weight excluding hydrogens is 366 g/mol. The molecule has 0 saturated heterocycles. The van der Waals surface area contributed by atoms with Crippen LogP contribution in [0.3, 0.4) is 0 Å². The van der Waals surface area contributed by atoms with E-state index in [1.54, 1.807) is 11.9 Å². The maximum absolute atomic E-state index is 13.0. The summed E-state index contributed by atoms with van der Waals surface area (Å²) in [5.41, 5.74) is 1.98. The minimum atomic E-state index is -0.0779. The van der Waals surface area contributed by atoms with E-state index in [1.807, 2.05) is 61.0 Å². The van der Waals surface area contributed by atoms with Crippen LogP contribution in [0.5, 0.6) is 0 Å². The van der Waals surface area contributed by atoms with Crippen LogP contribution < -0.4 is 0 Å². The average molecular weight is 388 g/mol. The molecule has 0 radical (unpaired) electrons. The standard InChI is InChI=1S/C20H22ClN3OS/c1-5-9-13-16(6-2)26-19(18(13)21)20(25)23(3)12-17-22-14-10-7-8-11-15(14)24(17)4/h5-11,13,16H,2,12H2,1,3-4H3/b9-5-. The fourth-order valence-corrected chi connectivity index (χ4v) is 4.85. The van der Waals surface area contributed by atoms with Crippen molar-refractivity contribution in [2.75, 3.05) is 7.05 Å². The molecule has 2 unspecified atom stereocenters. The second-order valence-corrected chi connectivity index (χ2v) is 7.88. The van der Waals surface area contributed by atoms with Gasteiger partial charge in [0.15, 0.2) is 0 Å². The first-order valence-corrected chi connectivity index (χ1v) is 9.71. The minimum Gasteiger partial charge on any atom is -0.334 e. The highest BCUT2D eigenvalue weighted by Crippen LogP contribution is 2.46. The van der Waals surface area contributed by atoms with E-state index in [2.05, 4.69) is 11.6 Å². The molecule has 2 aromatic rings. The molecule has 0 N–H and O–H groups in total. The number of imidazole rings is 1. The zero-order chi connectivity index (χ0) is 18.8. The number of carbonyl (C=O) groups is 1. The van der Waals surface area contributed by atoms with Gasteiger partial charge in [0.1, 0.15) is 5.82 Å². The molecule has 136 valence electrons. The molecule has 2 atom stereocenters. The molecule has 1 aromatic carbocycles. The Kier molecular flexibility index (Phi) is 5.58. The van der Waals surface area contributed by atoms with Crippen molar-refractivity contribution in [3.8, 4) is 0 Å². The van der Waals surface area contributed by atoms with Crippen LogP contribution in [-0.2, 0) is 18.4 Å². The molecular formula is C20H22ClN3OS. The van der Waals surface area contributed by atoms with Crippen LogP contribution in [0.1, 0.15) is 12.7 Å².